The first-order valence-corrected chi connectivity index (χ1v) is 8.51. The maximum Gasteiger partial charge on any atom is 0.163 e. The Morgan fingerprint density at radius 2 is 2.04 bits per heavy atom. The minimum Gasteiger partial charge on any atom is -0.353 e. The first-order chi connectivity index (χ1) is 12.3. The summed E-state index contributed by atoms with van der Waals surface area (Å²) in [5.41, 5.74) is 4.37. The number of anilines is 1. The summed E-state index contributed by atoms with van der Waals surface area (Å²) in [6, 6.07) is 5.90. The number of aromatic amines is 1. The van der Waals surface area contributed by atoms with E-state index in [-0.39, 0.29) is 0 Å². The molecule has 128 valence electrons. The maximum atomic E-state index is 4.89. The van der Waals surface area contributed by atoms with Gasteiger partial charge in [-0.15, -0.1) is 0 Å². The number of hydrogen-bond donors (Lipinski definition) is 2. The van der Waals surface area contributed by atoms with E-state index < -0.39 is 0 Å². The largest absolute Gasteiger partial charge is 0.353 e. The topological polar surface area (TPSA) is 82.6 Å². The number of fused-ring (bicyclic) bond motifs is 1. The third-order valence-electron chi connectivity index (χ3n) is 4.41. The minimum absolute atomic E-state index is 0.726. The van der Waals surface area contributed by atoms with Crippen molar-refractivity contribution in [2.24, 2.45) is 0 Å². The highest BCUT2D eigenvalue weighted by Gasteiger charge is 2.20. The average Bonchev–Trinajstić information content (AvgIpc) is 3.04. The predicted octanol–water partition coefficient (Wildman–Crippen LogP) is 1.59. The fraction of sp³-hybridized carbons (Fsp3) is 0.333. The smallest absolute Gasteiger partial charge is 0.163 e. The number of nitrogens with zero attached hydrogens (tertiary/aromatic N) is 5. The van der Waals surface area contributed by atoms with E-state index in [1.54, 1.807) is 12.4 Å². The second kappa shape index (κ2) is 6.98. The molecular formula is C18H21N7. The Kier molecular flexibility index (Phi) is 4.39. The van der Waals surface area contributed by atoms with Crippen LogP contribution in [-0.4, -0.2) is 45.3 Å². The lowest BCUT2D eigenvalue weighted by Crippen LogP contribution is -2.22. The lowest BCUT2D eigenvalue weighted by Gasteiger charge is -2.22. The van der Waals surface area contributed by atoms with Gasteiger partial charge in [-0.2, -0.15) is 5.10 Å². The molecule has 0 unspecified atom stereocenters. The van der Waals surface area contributed by atoms with Crippen molar-refractivity contribution in [3.05, 3.63) is 53.7 Å². The van der Waals surface area contributed by atoms with Gasteiger partial charge in [0.25, 0.3) is 0 Å². The van der Waals surface area contributed by atoms with Crippen molar-refractivity contribution in [3.8, 4) is 11.4 Å². The summed E-state index contributed by atoms with van der Waals surface area (Å²) in [5.74, 6) is 1.72. The Morgan fingerprint density at radius 1 is 1.12 bits per heavy atom. The molecule has 0 aliphatic carbocycles. The molecule has 1 aliphatic heterocycles. The fourth-order valence-electron chi connectivity index (χ4n) is 3.17. The summed E-state index contributed by atoms with van der Waals surface area (Å²) in [7, 11) is 2.06. The molecule has 0 aromatic carbocycles. The van der Waals surface area contributed by atoms with E-state index in [0.29, 0.717) is 0 Å². The molecule has 4 heterocycles. The molecule has 0 bridgehead atoms. The van der Waals surface area contributed by atoms with Gasteiger partial charge in [0.2, 0.25) is 0 Å². The summed E-state index contributed by atoms with van der Waals surface area (Å²) in [5, 5.41) is 10.5. The molecule has 3 aromatic heterocycles. The van der Waals surface area contributed by atoms with E-state index in [1.165, 1.54) is 5.56 Å². The van der Waals surface area contributed by atoms with E-state index >= 15 is 0 Å². The van der Waals surface area contributed by atoms with Gasteiger partial charge in [-0.3, -0.25) is 10.1 Å². The van der Waals surface area contributed by atoms with Gasteiger partial charge in [0.15, 0.2) is 5.82 Å². The SMILES string of the molecule is CN(Cc1ccn[nH]1)c1nc(-c2cccnc2)nc2c1CCNCC2. The molecule has 0 radical (unpaired) electrons. The van der Waals surface area contributed by atoms with Crippen molar-refractivity contribution in [1.82, 2.24) is 30.5 Å². The number of H-pyrrole nitrogens is 1. The van der Waals surface area contributed by atoms with Gasteiger partial charge in [0.1, 0.15) is 5.82 Å². The van der Waals surface area contributed by atoms with E-state index in [0.717, 1.165) is 61.1 Å². The van der Waals surface area contributed by atoms with Gasteiger partial charge in [0, 0.05) is 49.7 Å². The fourth-order valence-corrected chi connectivity index (χ4v) is 3.17. The van der Waals surface area contributed by atoms with Crippen LogP contribution in [0.15, 0.2) is 36.8 Å². The lowest BCUT2D eigenvalue weighted by molar-refractivity contribution is 0.708. The number of nitrogens with one attached hydrogen (secondary N) is 2. The maximum absolute atomic E-state index is 4.89. The van der Waals surface area contributed by atoms with E-state index in [4.69, 9.17) is 9.97 Å². The van der Waals surface area contributed by atoms with Crippen LogP contribution in [0.4, 0.5) is 5.82 Å². The summed E-state index contributed by atoms with van der Waals surface area (Å²) in [4.78, 5) is 16.1. The number of pyridine rings is 1. The van der Waals surface area contributed by atoms with Gasteiger partial charge in [-0.05, 0) is 31.2 Å². The Bertz CT molecular complexity index is 830. The average molecular weight is 335 g/mol. The third kappa shape index (κ3) is 3.36. The standard InChI is InChI=1S/C18H21N7/c1-25(12-14-4-10-21-24-14)18-15-5-8-19-9-6-16(15)22-17(23-18)13-3-2-7-20-11-13/h2-4,7,10-11,19H,5-6,8-9,12H2,1H3,(H,21,24). The molecule has 0 atom stereocenters. The first kappa shape index (κ1) is 15.7. The Labute approximate surface area is 146 Å². The molecule has 7 heteroatoms. The van der Waals surface area contributed by atoms with Crippen LogP contribution in [0.25, 0.3) is 11.4 Å². The molecule has 0 amide bonds. The van der Waals surface area contributed by atoms with Crippen molar-refractivity contribution in [1.29, 1.82) is 0 Å². The molecule has 0 spiro atoms. The van der Waals surface area contributed by atoms with Gasteiger partial charge >= 0.3 is 0 Å². The molecule has 0 saturated carbocycles. The zero-order chi connectivity index (χ0) is 17.1. The van der Waals surface area contributed by atoms with Gasteiger partial charge in [-0.25, -0.2) is 9.97 Å². The Balaban J connectivity index is 1.77. The highest BCUT2D eigenvalue weighted by Crippen LogP contribution is 2.27. The van der Waals surface area contributed by atoms with Crippen LogP contribution >= 0.6 is 0 Å². The number of hydrogen-bond acceptors (Lipinski definition) is 6. The van der Waals surface area contributed by atoms with Crippen LogP contribution in [0.2, 0.25) is 0 Å². The third-order valence-corrected chi connectivity index (χ3v) is 4.41. The second-order valence-electron chi connectivity index (χ2n) is 6.23. The molecule has 4 rings (SSSR count). The van der Waals surface area contributed by atoms with Crippen LogP contribution in [0, 0.1) is 0 Å². The molecule has 25 heavy (non-hydrogen) atoms. The molecule has 3 aromatic rings. The summed E-state index contributed by atoms with van der Waals surface area (Å²) >= 11 is 0. The summed E-state index contributed by atoms with van der Waals surface area (Å²) in [6.45, 7) is 2.62. The Morgan fingerprint density at radius 3 is 2.84 bits per heavy atom. The zero-order valence-corrected chi connectivity index (χ0v) is 14.2. The number of rotatable bonds is 4. The van der Waals surface area contributed by atoms with Crippen molar-refractivity contribution in [2.45, 2.75) is 19.4 Å². The van der Waals surface area contributed by atoms with Crippen LogP contribution < -0.4 is 10.2 Å². The van der Waals surface area contributed by atoms with Crippen LogP contribution in [0.3, 0.4) is 0 Å². The highest BCUT2D eigenvalue weighted by atomic mass is 15.2. The zero-order valence-electron chi connectivity index (χ0n) is 14.2. The van der Waals surface area contributed by atoms with Crippen LogP contribution in [-0.2, 0) is 19.4 Å². The predicted molar refractivity (Wildman–Crippen MR) is 96.2 cm³/mol. The summed E-state index contributed by atoms with van der Waals surface area (Å²) in [6.07, 6.45) is 7.20. The lowest BCUT2D eigenvalue weighted by atomic mass is 10.1. The van der Waals surface area contributed by atoms with Gasteiger partial charge < -0.3 is 10.2 Å². The van der Waals surface area contributed by atoms with Gasteiger partial charge in [-0.1, -0.05) is 0 Å². The van der Waals surface area contributed by atoms with Gasteiger partial charge in [0.05, 0.1) is 17.9 Å². The minimum atomic E-state index is 0.726. The highest BCUT2D eigenvalue weighted by molar-refractivity contribution is 5.60. The molecule has 0 saturated heterocycles. The van der Waals surface area contributed by atoms with Crippen LogP contribution in [0.1, 0.15) is 17.0 Å². The van der Waals surface area contributed by atoms with Crippen molar-refractivity contribution in [3.63, 3.8) is 0 Å². The van der Waals surface area contributed by atoms with E-state index in [1.807, 2.05) is 24.4 Å². The Hall–Kier alpha value is -2.80. The number of aromatic nitrogens is 5. The molecule has 1 aliphatic rings. The monoisotopic (exact) mass is 335 g/mol. The molecule has 0 fully saturated rings. The molecular weight excluding hydrogens is 314 g/mol. The molecule has 2 N–H and O–H groups in total. The first-order valence-electron chi connectivity index (χ1n) is 8.51. The second-order valence-corrected chi connectivity index (χ2v) is 6.23. The van der Waals surface area contributed by atoms with E-state index in [2.05, 4.69) is 32.4 Å². The summed E-state index contributed by atoms with van der Waals surface area (Å²) < 4.78 is 0. The molecule has 7 nitrogen and oxygen atoms in total. The quantitative estimate of drug-likeness (QED) is 0.753. The normalized spacial score (nSPS) is 14.0. The van der Waals surface area contributed by atoms with Crippen molar-refractivity contribution >= 4 is 5.82 Å². The van der Waals surface area contributed by atoms with Crippen molar-refractivity contribution in [2.75, 3.05) is 25.0 Å². The van der Waals surface area contributed by atoms with Crippen molar-refractivity contribution < 1.29 is 0 Å². The van der Waals surface area contributed by atoms with Crippen LogP contribution in [0.5, 0.6) is 0 Å². The van der Waals surface area contributed by atoms with E-state index in [9.17, 15) is 0 Å².